The van der Waals surface area contributed by atoms with Crippen LogP contribution in [0.25, 0.3) is 0 Å². The molecular weight excluding hydrogens is 709 g/mol. The Labute approximate surface area is 352 Å². The van der Waals surface area contributed by atoms with Crippen molar-refractivity contribution in [1.82, 2.24) is 0 Å². The van der Waals surface area contributed by atoms with Crippen molar-refractivity contribution in [3.05, 3.63) is 48.6 Å². The van der Waals surface area contributed by atoms with E-state index in [1.165, 1.54) is 89.9 Å². The molecule has 0 amide bonds. The Morgan fingerprint density at radius 3 is 1.12 bits per heavy atom. The van der Waals surface area contributed by atoms with Crippen LogP contribution in [0.1, 0.15) is 239 Å². The van der Waals surface area contributed by atoms with Gasteiger partial charge in [0.2, 0.25) is 0 Å². The normalized spacial score (nSPS) is 12.4. The van der Waals surface area contributed by atoms with Gasteiger partial charge in [-0.1, -0.05) is 179 Å². The fourth-order valence-corrected chi connectivity index (χ4v) is 6.63. The van der Waals surface area contributed by atoms with E-state index in [-0.39, 0.29) is 31.1 Å². The third-order valence-corrected chi connectivity index (χ3v) is 10.3. The zero-order chi connectivity index (χ0) is 41.5. The van der Waals surface area contributed by atoms with Crippen LogP contribution in [0.3, 0.4) is 0 Å². The van der Waals surface area contributed by atoms with Gasteiger partial charge < -0.3 is 14.2 Å². The number of carbonyl (C=O) groups excluding carboxylic acids is 3. The first-order valence-corrected chi connectivity index (χ1v) is 24.1. The minimum Gasteiger partial charge on any atom is -0.462 e. The van der Waals surface area contributed by atoms with Crippen LogP contribution in [0.5, 0.6) is 0 Å². The number of rotatable bonds is 43. The Bertz CT molecular complexity index is 1010. The summed E-state index contributed by atoms with van der Waals surface area (Å²) in [5.41, 5.74) is 0. The van der Waals surface area contributed by atoms with Crippen LogP contribution in [0, 0.1) is 0 Å². The summed E-state index contributed by atoms with van der Waals surface area (Å²) in [5.74, 6) is -0.917. The molecule has 0 aliphatic heterocycles. The van der Waals surface area contributed by atoms with Crippen molar-refractivity contribution < 1.29 is 28.6 Å². The summed E-state index contributed by atoms with van der Waals surface area (Å²) in [6.07, 6.45) is 53.8. The van der Waals surface area contributed by atoms with Crippen molar-refractivity contribution in [1.29, 1.82) is 0 Å². The second kappa shape index (κ2) is 46.1. The van der Waals surface area contributed by atoms with Crippen molar-refractivity contribution in [3.8, 4) is 0 Å². The Hall–Kier alpha value is -2.63. The lowest BCUT2D eigenvalue weighted by molar-refractivity contribution is -0.167. The molecule has 0 N–H and O–H groups in total. The average Bonchev–Trinajstić information content (AvgIpc) is 3.21. The van der Waals surface area contributed by atoms with Gasteiger partial charge in [0.15, 0.2) is 6.10 Å². The van der Waals surface area contributed by atoms with E-state index < -0.39 is 6.10 Å². The predicted octanol–water partition coefficient (Wildman–Crippen LogP) is 15.5. The van der Waals surface area contributed by atoms with E-state index in [1.54, 1.807) is 0 Å². The molecule has 0 aromatic heterocycles. The van der Waals surface area contributed by atoms with E-state index in [4.69, 9.17) is 14.2 Å². The summed E-state index contributed by atoms with van der Waals surface area (Å²) in [4.78, 5) is 37.8. The number of hydrogen-bond acceptors (Lipinski definition) is 6. The maximum absolute atomic E-state index is 12.7. The van der Waals surface area contributed by atoms with Gasteiger partial charge >= 0.3 is 17.9 Å². The Balaban J connectivity index is 4.35. The summed E-state index contributed by atoms with van der Waals surface area (Å²) in [6.45, 7) is 6.45. The SMILES string of the molecule is CC/C=C\C/C=C\CCCCCCCC(=O)OC(COC(=O)CCCCCC/C=C\CCCC)COC(=O)CCCCCCCCC/C=C\CCCCCCCC. The zero-order valence-corrected chi connectivity index (χ0v) is 37.6. The van der Waals surface area contributed by atoms with Crippen LogP contribution < -0.4 is 0 Å². The molecule has 0 saturated heterocycles. The number of esters is 3. The molecule has 0 rings (SSSR count). The number of ether oxygens (including phenoxy) is 3. The maximum Gasteiger partial charge on any atom is 0.306 e. The topological polar surface area (TPSA) is 78.9 Å². The molecule has 0 aliphatic carbocycles. The molecule has 1 unspecified atom stereocenters. The van der Waals surface area contributed by atoms with Gasteiger partial charge in [0.25, 0.3) is 0 Å². The van der Waals surface area contributed by atoms with E-state index in [0.717, 1.165) is 109 Å². The maximum atomic E-state index is 12.7. The molecule has 6 nitrogen and oxygen atoms in total. The summed E-state index contributed by atoms with van der Waals surface area (Å²) >= 11 is 0. The van der Waals surface area contributed by atoms with Gasteiger partial charge in [0, 0.05) is 19.3 Å². The third kappa shape index (κ3) is 44.3. The van der Waals surface area contributed by atoms with Gasteiger partial charge in [-0.3, -0.25) is 14.4 Å². The lowest BCUT2D eigenvalue weighted by Gasteiger charge is -2.18. The lowest BCUT2D eigenvalue weighted by Crippen LogP contribution is -2.30. The second-order valence-corrected chi connectivity index (χ2v) is 16.0. The molecule has 57 heavy (non-hydrogen) atoms. The van der Waals surface area contributed by atoms with E-state index in [0.29, 0.717) is 19.3 Å². The van der Waals surface area contributed by atoms with Crippen LogP contribution in [0.15, 0.2) is 48.6 Å². The Morgan fingerprint density at radius 1 is 0.368 bits per heavy atom. The Kier molecular flexibility index (Phi) is 43.9. The number of hydrogen-bond donors (Lipinski definition) is 0. The highest BCUT2D eigenvalue weighted by Crippen LogP contribution is 2.14. The van der Waals surface area contributed by atoms with Crippen molar-refractivity contribution >= 4 is 17.9 Å². The zero-order valence-electron chi connectivity index (χ0n) is 37.6. The molecule has 0 aromatic carbocycles. The number of unbranched alkanes of at least 4 members (excludes halogenated alkanes) is 24. The molecule has 0 aliphatic rings. The van der Waals surface area contributed by atoms with E-state index in [2.05, 4.69) is 69.4 Å². The smallest absolute Gasteiger partial charge is 0.306 e. The van der Waals surface area contributed by atoms with Gasteiger partial charge in [0.05, 0.1) is 0 Å². The molecule has 0 heterocycles. The van der Waals surface area contributed by atoms with Crippen molar-refractivity contribution in [2.45, 2.75) is 245 Å². The first-order valence-electron chi connectivity index (χ1n) is 24.1. The summed E-state index contributed by atoms with van der Waals surface area (Å²) in [6, 6.07) is 0. The fraction of sp³-hybridized carbons (Fsp3) is 0.784. The van der Waals surface area contributed by atoms with Gasteiger partial charge in [0.1, 0.15) is 13.2 Å². The molecule has 1 atom stereocenters. The third-order valence-electron chi connectivity index (χ3n) is 10.3. The standard InChI is InChI=1S/C51H90O6/c1-4-7-10-13-16-19-22-24-25-26-27-28-30-32-35-38-41-44-50(53)56-47-48(46-55-49(52)43-40-37-34-31-21-18-15-12-9-6-3)57-51(54)45-42-39-36-33-29-23-20-17-14-11-8-5-2/h8,11,15,17-18,20,24-25,48H,4-7,9-10,12-14,16,19,21-23,26-47H2,1-3H3/b11-8-,18-15-,20-17-,25-24-. The van der Waals surface area contributed by atoms with Crippen LogP contribution >= 0.6 is 0 Å². The molecule has 0 spiro atoms. The first-order chi connectivity index (χ1) is 28.0. The van der Waals surface area contributed by atoms with Gasteiger partial charge in [-0.15, -0.1) is 0 Å². The van der Waals surface area contributed by atoms with Crippen LogP contribution in [0.2, 0.25) is 0 Å². The minimum absolute atomic E-state index is 0.0845. The Morgan fingerprint density at radius 2 is 0.702 bits per heavy atom. The fourth-order valence-electron chi connectivity index (χ4n) is 6.63. The largest absolute Gasteiger partial charge is 0.462 e. The van der Waals surface area contributed by atoms with Crippen molar-refractivity contribution in [2.24, 2.45) is 0 Å². The summed E-state index contributed by atoms with van der Waals surface area (Å²) < 4.78 is 16.7. The predicted molar refractivity (Wildman–Crippen MR) is 242 cm³/mol. The monoisotopic (exact) mass is 799 g/mol. The van der Waals surface area contributed by atoms with E-state index in [9.17, 15) is 14.4 Å². The number of carbonyl (C=O) groups is 3. The molecule has 6 heteroatoms. The molecule has 0 fully saturated rings. The highest BCUT2D eigenvalue weighted by Gasteiger charge is 2.19. The lowest BCUT2D eigenvalue weighted by atomic mass is 10.1. The van der Waals surface area contributed by atoms with Crippen molar-refractivity contribution in [2.75, 3.05) is 13.2 Å². The molecule has 0 saturated carbocycles. The van der Waals surface area contributed by atoms with Crippen LogP contribution in [-0.2, 0) is 28.6 Å². The van der Waals surface area contributed by atoms with Gasteiger partial charge in [-0.25, -0.2) is 0 Å². The number of allylic oxidation sites excluding steroid dienone is 8. The molecule has 0 radical (unpaired) electrons. The highest BCUT2D eigenvalue weighted by molar-refractivity contribution is 5.71. The van der Waals surface area contributed by atoms with Gasteiger partial charge in [-0.2, -0.15) is 0 Å². The summed E-state index contributed by atoms with van der Waals surface area (Å²) in [7, 11) is 0. The quantitative estimate of drug-likeness (QED) is 0.0265. The van der Waals surface area contributed by atoms with Crippen molar-refractivity contribution in [3.63, 3.8) is 0 Å². The van der Waals surface area contributed by atoms with E-state index in [1.807, 2.05) is 0 Å². The van der Waals surface area contributed by atoms with Gasteiger partial charge in [-0.05, 0) is 89.9 Å². The minimum atomic E-state index is -0.783. The first kappa shape index (κ1) is 54.4. The van der Waals surface area contributed by atoms with E-state index >= 15 is 0 Å². The molecule has 0 aromatic rings. The van der Waals surface area contributed by atoms with Crippen LogP contribution in [0.4, 0.5) is 0 Å². The second-order valence-electron chi connectivity index (χ2n) is 16.0. The highest BCUT2D eigenvalue weighted by atomic mass is 16.6. The molecule has 0 bridgehead atoms. The summed E-state index contributed by atoms with van der Waals surface area (Å²) in [5, 5.41) is 0. The molecular formula is C51H90O6. The molecule has 330 valence electrons. The van der Waals surface area contributed by atoms with Crippen LogP contribution in [-0.4, -0.2) is 37.2 Å². The average molecular weight is 799 g/mol.